The van der Waals surface area contributed by atoms with Crippen molar-refractivity contribution < 1.29 is 4.79 Å². The minimum Gasteiger partial charge on any atom is -0.294 e. The quantitative estimate of drug-likeness (QED) is 0.761. The van der Waals surface area contributed by atoms with E-state index in [2.05, 4.69) is 18.2 Å². The first-order valence-electron chi connectivity index (χ1n) is 6.93. The molecule has 2 heteroatoms. The summed E-state index contributed by atoms with van der Waals surface area (Å²) in [6.07, 6.45) is 3.11. The molecule has 0 bridgehead atoms. The van der Waals surface area contributed by atoms with Gasteiger partial charge in [-0.25, -0.2) is 0 Å². The molecule has 0 spiro atoms. The summed E-state index contributed by atoms with van der Waals surface area (Å²) in [6.45, 7) is 0. The highest BCUT2D eigenvalue weighted by atomic mass is 32.2. The van der Waals surface area contributed by atoms with E-state index in [1.54, 1.807) is 0 Å². The van der Waals surface area contributed by atoms with E-state index < -0.39 is 0 Å². The average molecular weight is 270 g/mol. The van der Waals surface area contributed by atoms with E-state index in [9.17, 15) is 4.79 Å². The van der Waals surface area contributed by atoms with Crippen LogP contribution in [0.2, 0.25) is 0 Å². The number of hydrogen-bond acceptors (Lipinski definition) is 2. The lowest BCUT2D eigenvalue weighted by Crippen LogP contribution is -2.14. The Morgan fingerprint density at radius 3 is 2.63 bits per heavy atom. The molecule has 0 N–H and O–H groups in total. The predicted octanol–water partition coefficient (Wildman–Crippen LogP) is 4.56. The first kappa shape index (κ1) is 12.7. The molecule has 2 aromatic carbocycles. The van der Waals surface area contributed by atoms with E-state index >= 15 is 0 Å². The number of thioether (sulfide) groups is 1. The Kier molecular flexibility index (Phi) is 3.88. The maximum absolute atomic E-state index is 12.5. The molecule has 1 aliphatic heterocycles. The summed E-state index contributed by atoms with van der Waals surface area (Å²) in [5, 5.41) is 2.26. The fourth-order valence-electron chi connectivity index (χ4n) is 2.79. The number of Topliss-reactive ketones (excluding diaryl/α,β-unsaturated/α-hetero) is 1. The van der Waals surface area contributed by atoms with Gasteiger partial charge in [0.1, 0.15) is 0 Å². The molecule has 98 valence electrons. The Morgan fingerprint density at radius 2 is 1.79 bits per heavy atom. The highest BCUT2D eigenvalue weighted by Crippen LogP contribution is 2.28. The summed E-state index contributed by atoms with van der Waals surface area (Å²) in [4.78, 5) is 12.5. The van der Waals surface area contributed by atoms with Crippen molar-refractivity contribution >= 4 is 28.3 Å². The van der Waals surface area contributed by atoms with Crippen LogP contribution in [-0.2, 0) is 0 Å². The Bertz CT molecular complexity index is 579. The fourth-order valence-corrected chi connectivity index (χ4v) is 4.00. The Morgan fingerprint density at radius 1 is 1.05 bits per heavy atom. The number of fused-ring (bicyclic) bond motifs is 1. The van der Waals surface area contributed by atoms with Crippen LogP contribution in [0, 0.1) is 5.92 Å². The van der Waals surface area contributed by atoms with Crippen molar-refractivity contribution in [3.63, 3.8) is 0 Å². The third kappa shape index (κ3) is 2.84. The first-order valence-corrected chi connectivity index (χ1v) is 8.09. The highest BCUT2D eigenvalue weighted by Gasteiger charge is 2.19. The van der Waals surface area contributed by atoms with E-state index in [0.717, 1.165) is 16.3 Å². The molecule has 19 heavy (non-hydrogen) atoms. The summed E-state index contributed by atoms with van der Waals surface area (Å²) < 4.78 is 0. The SMILES string of the molecule is O=C(CC1CCSCC1)c1cccc2ccccc12. The Balaban J connectivity index is 1.85. The third-order valence-corrected chi connectivity index (χ3v) is 4.95. The zero-order chi connectivity index (χ0) is 13.1. The number of rotatable bonds is 3. The molecule has 1 saturated heterocycles. The Labute approximate surface area is 118 Å². The van der Waals surface area contributed by atoms with E-state index in [0.29, 0.717) is 18.1 Å². The topological polar surface area (TPSA) is 17.1 Å². The van der Waals surface area contributed by atoms with Gasteiger partial charge in [0.2, 0.25) is 0 Å². The van der Waals surface area contributed by atoms with E-state index in [4.69, 9.17) is 0 Å². The van der Waals surface area contributed by atoms with Crippen LogP contribution in [0.3, 0.4) is 0 Å². The molecule has 0 aromatic heterocycles. The van der Waals surface area contributed by atoms with Crippen molar-refractivity contribution in [1.82, 2.24) is 0 Å². The molecule has 0 amide bonds. The van der Waals surface area contributed by atoms with Crippen molar-refractivity contribution in [1.29, 1.82) is 0 Å². The molecule has 3 rings (SSSR count). The molecule has 1 nitrogen and oxygen atoms in total. The number of hydrogen-bond donors (Lipinski definition) is 0. The lowest BCUT2D eigenvalue weighted by atomic mass is 9.91. The van der Waals surface area contributed by atoms with Crippen molar-refractivity contribution in [2.24, 2.45) is 5.92 Å². The molecule has 0 saturated carbocycles. The standard InChI is InChI=1S/C17H18OS/c18-17(12-13-8-10-19-11-9-13)16-7-3-5-14-4-1-2-6-15(14)16/h1-7,13H,8-12H2. The van der Waals surface area contributed by atoms with Gasteiger partial charge in [-0.3, -0.25) is 4.79 Å². The van der Waals surface area contributed by atoms with E-state index in [-0.39, 0.29) is 0 Å². The van der Waals surface area contributed by atoms with Crippen LogP contribution in [0.5, 0.6) is 0 Å². The second-order valence-electron chi connectivity index (χ2n) is 5.21. The van der Waals surface area contributed by atoms with E-state index in [1.807, 2.05) is 36.0 Å². The predicted molar refractivity (Wildman–Crippen MR) is 82.9 cm³/mol. The van der Waals surface area contributed by atoms with Crippen LogP contribution in [0.4, 0.5) is 0 Å². The second-order valence-corrected chi connectivity index (χ2v) is 6.43. The number of carbonyl (C=O) groups excluding carboxylic acids is 1. The summed E-state index contributed by atoms with van der Waals surface area (Å²) in [7, 11) is 0. The van der Waals surface area contributed by atoms with Crippen LogP contribution >= 0.6 is 11.8 Å². The largest absolute Gasteiger partial charge is 0.294 e. The summed E-state index contributed by atoms with van der Waals surface area (Å²) in [5.74, 6) is 3.34. The van der Waals surface area contributed by atoms with Crippen LogP contribution in [0.15, 0.2) is 42.5 Å². The molecular weight excluding hydrogens is 252 g/mol. The van der Waals surface area contributed by atoms with Crippen molar-refractivity contribution in [2.45, 2.75) is 19.3 Å². The van der Waals surface area contributed by atoms with Gasteiger partial charge in [-0.15, -0.1) is 0 Å². The molecular formula is C17H18OS. The van der Waals surface area contributed by atoms with Crippen molar-refractivity contribution in [2.75, 3.05) is 11.5 Å². The maximum Gasteiger partial charge on any atom is 0.163 e. The molecule has 0 radical (unpaired) electrons. The lowest BCUT2D eigenvalue weighted by molar-refractivity contribution is 0.0960. The van der Waals surface area contributed by atoms with Gasteiger partial charge in [0.05, 0.1) is 0 Å². The molecule has 0 atom stereocenters. The fraction of sp³-hybridized carbons (Fsp3) is 0.353. The van der Waals surface area contributed by atoms with Gasteiger partial charge in [-0.05, 0) is 41.0 Å². The third-order valence-electron chi connectivity index (χ3n) is 3.90. The number of carbonyl (C=O) groups is 1. The zero-order valence-corrected chi connectivity index (χ0v) is 11.8. The molecule has 1 aliphatic rings. The van der Waals surface area contributed by atoms with Crippen molar-refractivity contribution in [3.8, 4) is 0 Å². The van der Waals surface area contributed by atoms with Gasteiger partial charge < -0.3 is 0 Å². The van der Waals surface area contributed by atoms with Crippen LogP contribution < -0.4 is 0 Å². The zero-order valence-electron chi connectivity index (χ0n) is 11.0. The monoisotopic (exact) mass is 270 g/mol. The Hall–Kier alpha value is -1.28. The minimum atomic E-state index is 0.314. The minimum absolute atomic E-state index is 0.314. The normalized spacial score (nSPS) is 16.6. The number of benzene rings is 2. The highest BCUT2D eigenvalue weighted by molar-refractivity contribution is 7.99. The van der Waals surface area contributed by atoms with Gasteiger partial charge in [-0.2, -0.15) is 11.8 Å². The van der Waals surface area contributed by atoms with Gasteiger partial charge in [-0.1, -0.05) is 42.5 Å². The molecule has 0 unspecified atom stereocenters. The molecule has 2 aromatic rings. The van der Waals surface area contributed by atoms with Gasteiger partial charge in [0.15, 0.2) is 5.78 Å². The van der Waals surface area contributed by atoms with Gasteiger partial charge in [0.25, 0.3) is 0 Å². The molecule has 1 heterocycles. The number of ketones is 1. The van der Waals surface area contributed by atoms with Gasteiger partial charge >= 0.3 is 0 Å². The maximum atomic E-state index is 12.5. The summed E-state index contributed by atoms with van der Waals surface area (Å²) in [5.41, 5.74) is 0.899. The van der Waals surface area contributed by atoms with Crippen LogP contribution in [0.25, 0.3) is 10.8 Å². The lowest BCUT2D eigenvalue weighted by Gasteiger charge is -2.20. The summed E-state index contributed by atoms with van der Waals surface area (Å²) in [6, 6.07) is 14.2. The second kappa shape index (κ2) is 5.79. The first-order chi connectivity index (χ1) is 9.34. The van der Waals surface area contributed by atoms with E-state index in [1.165, 1.54) is 24.3 Å². The van der Waals surface area contributed by atoms with Crippen LogP contribution in [0.1, 0.15) is 29.6 Å². The van der Waals surface area contributed by atoms with Crippen molar-refractivity contribution in [3.05, 3.63) is 48.0 Å². The van der Waals surface area contributed by atoms with Gasteiger partial charge in [0, 0.05) is 12.0 Å². The molecule has 1 fully saturated rings. The average Bonchev–Trinajstić information content (AvgIpc) is 2.47. The van der Waals surface area contributed by atoms with Crippen LogP contribution in [-0.4, -0.2) is 17.3 Å². The smallest absolute Gasteiger partial charge is 0.163 e. The molecule has 0 aliphatic carbocycles. The summed E-state index contributed by atoms with van der Waals surface area (Å²) >= 11 is 2.01.